The molecule has 2 rings (SSSR count). The molecular weight excluding hydrogens is 250 g/mol. The van der Waals surface area contributed by atoms with Crippen molar-refractivity contribution in [1.82, 2.24) is 10.3 Å². The summed E-state index contributed by atoms with van der Waals surface area (Å²) >= 11 is 0. The fraction of sp³-hybridized carbons (Fsp3) is 0.688. The van der Waals surface area contributed by atoms with E-state index in [0.29, 0.717) is 6.04 Å². The lowest BCUT2D eigenvalue weighted by Crippen LogP contribution is -2.38. The number of nitrogens with zero attached hydrogens (tertiary/aromatic N) is 2. The summed E-state index contributed by atoms with van der Waals surface area (Å²) in [4.78, 5) is 6.81. The van der Waals surface area contributed by atoms with E-state index in [1.165, 1.54) is 24.1 Å². The first-order valence-electron chi connectivity index (χ1n) is 7.67. The van der Waals surface area contributed by atoms with E-state index in [1.807, 2.05) is 12.4 Å². The topological polar surface area (TPSA) is 37.4 Å². The zero-order valence-electron chi connectivity index (χ0n) is 12.9. The highest BCUT2D eigenvalue weighted by Gasteiger charge is 2.32. The summed E-state index contributed by atoms with van der Waals surface area (Å²) in [6.45, 7) is 8.03. The van der Waals surface area contributed by atoms with Gasteiger partial charge in [-0.05, 0) is 43.9 Å². The Labute approximate surface area is 122 Å². The van der Waals surface area contributed by atoms with Gasteiger partial charge in [-0.1, -0.05) is 6.92 Å². The molecule has 112 valence electrons. The van der Waals surface area contributed by atoms with Gasteiger partial charge in [-0.2, -0.15) is 0 Å². The van der Waals surface area contributed by atoms with Gasteiger partial charge in [-0.15, -0.1) is 0 Å². The van der Waals surface area contributed by atoms with E-state index in [1.54, 1.807) is 7.11 Å². The summed E-state index contributed by atoms with van der Waals surface area (Å²) in [5.41, 5.74) is 2.58. The summed E-state index contributed by atoms with van der Waals surface area (Å²) in [5, 5.41) is 3.41. The number of aromatic nitrogens is 1. The molecule has 1 saturated carbocycles. The zero-order chi connectivity index (χ0) is 14.4. The molecule has 1 aromatic heterocycles. The highest BCUT2D eigenvalue weighted by atomic mass is 16.5. The predicted octanol–water partition coefficient (Wildman–Crippen LogP) is 2.44. The first-order chi connectivity index (χ1) is 9.77. The Kier molecular flexibility index (Phi) is 5.80. The molecule has 20 heavy (non-hydrogen) atoms. The number of pyridine rings is 1. The molecule has 1 aromatic rings. The maximum Gasteiger partial charge on any atom is 0.0637 e. The Hall–Kier alpha value is -1.13. The molecule has 0 aromatic carbocycles. The molecule has 1 N–H and O–H groups in total. The molecule has 1 fully saturated rings. The van der Waals surface area contributed by atoms with Crippen LogP contribution in [0.2, 0.25) is 0 Å². The van der Waals surface area contributed by atoms with E-state index in [0.717, 1.165) is 32.2 Å². The normalized spacial score (nSPS) is 16.1. The number of nitrogens with one attached hydrogen (secondary N) is 1. The average molecular weight is 277 g/mol. The predicted molar refractivity (Wildman–Crippen MR) is 83.0 cm³/mol. The minimum atomic E-state index is 0.565. The van der Waals surface area contributed by atoms with E-state index in [4.69, 9.17) is 4.74 Å². The Morgan fingerprint density at radius 3 is 2.95 bits per heavy atom. The third-order valence-corrected chi connectivity index (χ3v) is 4.09. The minimum Gasteiger partial charge on any atom is -0.383 e. The van der Waals surface area contributed by atoms with Crippen LogP contribution >= 0.6 is 0 Å². The smallest absolute Gasteiger partial charge is 0.0637 e. The van der Waals surface area contributed by atoms with Crippen molar-refractivity contribution < 1.29 is 4.74 Å². The van der Waals surface area contributed by atoms with Crippen LogP contribution in [0.25, 0.3) is 0 Å². The molecule has 0 bridgehead atoms. The first kappa shape index (κ1) is 15.3. The molecule has 1 aliphatic carbocycles. The summed E-state index contributed by atoms with van der Waals surface area (Å²) in [6, 6.07) is 2.69. The molecule has 1 unspecified atom stereocenters. The van der Waals surface area contributed by atoms with Gasteiger partial charge in [-0.3, -0.25) is 4.98 Å². The zero-order valence-corrected chi connectivity index (χ0v) is 12.9. The maximum atomic E-state index is 5.29. The second-order valence-corrected chi connectivity index (χ2v) is 5.55. The second kappa shape index (κ2) is 7.60. The van der Waals surface area contributed by atoms with Gasteiger partial charge in [0.25, 0.3) is 0 Å². The Balaban J connectivity index is 2.17. The minimum absolute atomic E-state index is 0.565. The van der Waals surface area contributed by atoms with Crippen LogP contribution in [0.5, 0.6) is 0 Å². The lowest BCUT2D eigenvalue weighted by Gasteiger charge is -2.32. The van der Waals surface area contributed by atoms with E-state index in [2.05, 4.69) is 35.1 Å². The summed E-state index contributed by atoms with van der Waals surface area (Å²) in [5.74, 6) is 0.832. The third-order valence-electron chi connectivity index (χ3n) is 4.09. The van der Waals surface area contributed by atoms with Crippen LogP contribution in [0.3, 0.4) is 0 Å². The molecule has 1 atom stereocenters. The monoisotopic (exact) mass is 277 g/mol. The number of ether oxygens (including phenoxy) is 1. The van der Waals surface area contributed by atoms with Crippen molar-refractivity contribution in [2.24, 2.45) is 5.92 Å². The SMILES string of the molecule is CCNCc1ccncc1N(CCOC)C(C)C1CC1. The van der Waals surface area contributed by atoms with Crippen molar-refractivity contribution in [3.05, 3.63) is 24.0 Å². The van der Waals surface area contributed by atoms with Crippen LogP contribution in [0.15, 0.2) is 18.5 Å². The fourth-order valence-electron chi connectivity index (χ4n) is 2.65. The molecule has 1 aliphatic rings. The summed E-state index contributed by atoms with van der Waals surface area (Å²) in [7, 11) is 1.77. The van der Waals surface area contributed by atoms with E-state index < -0.39 is 0 Å². The number of anilines is 1. The van der Waals surface area contributed by atoms with Crippen LogP contribution in [0.1, 0.15) is 32.3 Å². The van der Waals surface area contributed by atoms with Crippen molar-refractivity contribution in [3.8, 4) is 0 Å². The Bertz CT molecular complexity index is 406. The van der Waals surface area contributed by atoms with E-state index >= 15 is 0 Å². The number of hydrogen-bond donors (Lipinski definition) is 1. The van der Waals surface area contributed by atoms with Gasteiger partial charge in [0.05, 0.1) is 18.5 Å². The van der Waals surface area contributed by atoms with Gasteiger partial charge in [0.1, 0.15) is 0 Å². The van der Waals surface area contributed by atoms with Crippen molar-refractivity contribution >= 4 is 5.69 Å². The lowest BCUT2D eigenvalue weighted by molar-refractivity contribution is 0.202. The Morgan fingerprint density at radius 1 is 1.50 bits per heavy atom. The van der Waals surface area contributed by atoms with Crippen LogP contribution < -0.4 is 10.2 Å². The molecule has 0 amide bonds. The van der Waals surface area contributed by atoms with Crippen molar-refractivity contribution in [2.75, 3.05) is 31.7 Å². The Morgan fingerprint density at radius 2 is 2.30 bits per heavy atom. The van der Waals surface area contributed by atoms with E-state index in [9.17, 15) is 0 Å². The highest BCUT2D eigenvalue weighted by molar-refractivity contribution is 5.52. The molecular formula is C16H27N3O. The molecule has 4 nitrogen and oxygen atoms in total. The van der Waals surface area contributed by atoms with Gasteiger partial charge in [-0.25, -0.2) is 0 Å². The number of methoxy groups -OCH3 is 1. The van der Waals surface area contributed by atoms with Gasteiger partial charge < -0.3 is 15.0 Å². The number of rotatable bonds is 9. The van der Waals surface area contributed by atoms with Crippen molar-refractivity contribution in [3.63, 3.8) is 0 Å². The van der Waals surface area contributed by atoms with Gasteiger partial charge in [0.2, 0.25) is 0 Å². The molecule has 0 spiro atoms. The highest BCUT2D eigenvalue weighted by Crippen LogP contribution is 2.37. The molecule has 1 heterocycles. The van der Waals surface area contributed by atoms with Crippen LogP contribution in [-0.4, -0.2) is 37.8 Å². The standard InChI is InChI=1S/C16H27N3O/c1-4-17-11-15-7-8-18-12-16(15)19(9-10-20-3)13(2)14-5-6-14/h7-8,12-14,17H,4-6,9-11H2,1-3H3. The van der Waals surface area contributed by atoms with Crippen LogP contribution in [-0.2, 0) is 11.3 Å². The average Bonchev–Trinajstić information content (AvgIpc) is 3.31. The third kappa shape index (κ3) is 3.93. The van der Waals surface area contributed by atoms with Crippen molar-refractivity contribution in [1.29, 1.82) is 0 Å². The first-order valence-corrected chi connectivity index (χ1v) is 7.67. The molecule has 0 radical (unpaired) electrons. The molecule has 0 aliphatic heterocycles. The fourth-order valence-corrected chi connectivity index (χ4v) is 2.65. The lowest BCUT2D eigenvalue weighted by atomic mass is 10.1. The molecule has 0 saturated heterocycles. The van der Waals surface area contributed by atoms with Gasteiger partial charge >= 0.3 is 0 Å². The van der Waals surface area contributed by atoms with Gasteiger partial charge in [0, 0.05) is 32.4 Å². The summed E-state index contributed by atoms with van der Waals surface area (Å²) in [6.07, 6.45) is 6.59. The second-order valence-electron chi connectivity index (χ2n) is 5.55. The van der Waals surface area contributed by atoms with Gasteiger partial charge in [0.15, 0.2) is 0 Å². The van der Waals surface area contributed by atoms with E-state index in [-0.39, 0.29) is 0 Å². The molecule has 4 heteroatoms. The van der Waals surface area contributed by atoms with Crippen molar-refractivity contribution in [2.45, 2.75) is 39.3 Å². The largest absolute Gasteiger partial charge is 0.383 e. The van der Waals surface area contributed by atoms with Crippen LogP contribution in [0.4, 0.5) is 5.69 Å². The maximum absolute atomic E-state index is 5.29. The van der Waals surface area contributed by atoms with Crippen LogP contribution in [0, 0.1) is 5.92 Å². The summed E-state index contributed by atoms with van der Waals surface area (Å²) < 4.78 is 5.29. The quantitative estimate of drug-likeness (QED) is 0.752. The number of hydrogen-bond acceptors (Lipinski definition) is 4.